The van der Waals surface area contributed by atoms with Crippen LogP contribution >= 0.6 is 11.3 Å². The number of likely N-dealkylation sites (tertiary alicyclic amines) is 1. The van der Waals surface area contributed by atoms with Crippen molar-refractivity contribution in [2.75, 3.05) is 32.7 Å². The predicted octanol–water partition coefficient (Wildman–Crippen LogP) is 0.848. The lowest BCUT2D eigenvalue weighted by atomic mass is 10.1. The second kappa shape index (κ2) is 6.20. The Bertz CT molecular complexity index is 469. The quantitative estimate of drug-likeness (QED) is 0.898. The second-order valence-corrected chi connectivity index (χ2v) is 6.87. The van der Waals surface area contributed by atoms with Gasteiger partial charge in [-0.25, -0.2) is 4.98 Å². The van der Waals surface area contributed by atoms with Crippen molar-refractivity contribution in [1.82, 2.24) is 20.1 Å². The highest BCUT2D eigenvalue weighted by atomic mass is 32.1. The minimum Gasteiger partial charge on any atom is -0.339 e. The summed E-state index contributed by atoms with van der Waals surface area (Å²) in [6.45, 7) is 7.47. The van der Waals surface area contributed by atoms with Gasteiger partial charge in [-0.05, 0) is 26.3 Å². The fourth-order valence-corrected chi connectivity index (χ4v) is 3.89. The van der Waals surface area contributed by atoms with Crippen LogP contribution in [-0.4, -0.2) is 59.5 Å². The lowest BCUT2D eigenvalue weighted by Gasteiger charge is -2.32. The molecule has 2 fully saturated rings. The molecule has 0 spiro atoms. The first-order chi connectivity index (χ1) is 9.74. The average Bonchev–Trinajstić information content (AvgIpc) is 3.09. The van der Waals surface area contributed by atoms with Gasteiger partial charge in [-0.15, -0.1) is 11.3 Å². The molecule has 1 atom stereocenters. The summed E-state index contributed by atoms with van der Waals surface area (Å²) in [6.07, 6.45) is 4.07. The van der Waals surface area contributed by atoms with Crippen molar-refractivity contribution < 1.29 is 4.79 Å². The Kier molecular flexibility index (Phi) is 4.33. The van der Waals surface area contributed by atoms with E-state index in [1.165, 1.54) is 4.88 Å². The number of rotatable bonds is 3. The van der Waals surface area contributed by atoms with Gasteiger partial charge in [0.1, 0.15) is 0 Å². The van der Waals surface area contributed by atoms with Crippen molar-refractivity contribution in [1.29, 1.82) is 0 Å². The van der Waals surface area contributed by atoms with Crippen LogP contribution in [0.4, 0.5) is 0 Å². The molecular weight excluding hydrogens is 272 g/mol. The van der Waals surface area contributed by atoms with E-state index in [2.05, 4.69) is 15.2 Å². The van der Waals surface area contributed by atoms with Crippen molar-refractivity contribution in [3.63, 3.8) is 0 Å². The number of amides is 1. The largest absolute Gasteiger partial charge is 0.339 e. The van der Waals surface area contributed by atoms with E-state index in [0.29, 0.717) is 5.91 Å². The molecule has 1 aromatic heterocycles. The van der Waals surface area contributed by atoms with E-state index in [4.69, 9.17) is 0 Å². The number of piperazine rings is 1. The minimum atomic E-state index is 0.0792. The number of carbonyl (C=O) groups excluding carboxylic acids is 1. The number of aromatic nitrogens is 1. The predicted molar refractivity (Wildman–Crippen MR) is 79.7 cm³/mol. The molecule has 5 nitrogen and oxygen atoms in total. The SMILES string of the molecule is Cc1ncc(CN2CCCC2C(=O)N2CCNCC2)s1. The maximum atomic E-state index is 12.7. The standard InChI is InChI=1S/C14H22N4OS/c1-11-16-9-12(20-11)10-18-6-2-3-13(18)14(19)17-7-4-15-5-8-17/h9,13,15H,2-8,10H2,1H3. The Labute approximate surface area is 124 Å². The number of nitrogens with zero attached hydrogens (tertiary/aromatic N) is 3. The zero-order valence-corrected chi connectivity index (χ0v) is 12.8. The van der Waals surface area contributed by atoms with Crippen LogP contribution in [0.25, 0.3) is 0 Å². The van der Waals surface area contributed by atoms with E-state index in [-0.39, 0.29) is 6.04 Å². The molecule has 20 heavy (non-hydrogen) atoms. The minimum absolute atomic E-state index is 0.0792. The summed E-state index contributed by atoms with van der Waals surface area (Å²) in [4.78, 5) is 22.6. The van der Waals surface area contributed by atoms with Gasteiger partial charge in [0, 0.05) is 43.8 Å². The summed E-state index contributed by atoms with van der Waals surface area (Å²) in [5, 5.41) is 4.40. The van der Waals surface area contributed by atoms with E-state index >= 15 is 0 Å². The van der Waals surface area contributed by atoms with E-state index in [1.54, 1.807) is 11.3 Å². The lowest BCUT2D eigenvalue weighted by molar-refractivity contribution is -0.136. The van der Waals surface area contributed by atoms with Crippen molar-refractivity contribution in [3.8, 4) is 0 Å². The second-order valence-electron chi connectivity index (χ2n) is 5.55. The first-order valence-corrected chi connectivity index (χ1v) is 8.20. The van der Waals surface area contributed by atoms with Crippen LogP contribution < -0.4 is 5.32 Å². The topological polar surface area (TPSA) is 48.5 Å². The smallest absolute Gasteiger partial charge is 0.240 e. The Hall–Kier alpha value is -0.980. The number of aryl methyl sites for hydroxylation is 1. The Balaban J connectivity index is 1.63. The van der Waals surface area contributed by atoms with Crippen LogP contribution in [0.5, 0.6) is 0 Å². The summed E-state index contributed by atoms with van der Waals surface area (Å²) in [7, 11) is 0. The molecule has 1 N–H and O–H groups in total. The fourth-order valence-electron chi connectivity index (χ4n) is 3.07. The highest BCUT2D eigenvalue weighted by Crippen LogP contribution is 2.24. The monoisotopic (exact) mass is 294 g/mol. The molecule has 1 unspecified atom stereocenters. The van der Waals surface area contributed by atoms with Crippen LogP contribution in [0.3, 0.4) is 0 Å². The van der Waals surface area contributed by atoms with Crippen LogP contribution in [-0.2, 0) is 11.3 Å². The lowest BCUT2D eigenvalue weighted by Crippen LogP contribution is -2.52. The highest BCUT2D eigenvalue weighted by Gasteiger charge is 2.34. The van der Waals surface area contributed by atoms with E-state index in [9.17, 15) is 4.79 Å². The van der Waals surface area contributed by atoms with Crippen molar-refractivity contribution in [2.24, 2.45) is 0 Å². The Morgan fingerprint density at radius 3 is 2.95 bits per heavy atom. The molecule has 3 rings (SSSR count). The number of nitrogens with one attached hydrogen (secondary N) is 1. The van der Waals surface area contributed by atoms with Gasteiger partial charge < -0.3 is 10.2 Å². The molecule has 2 aliphatic heterocycles. The van der Waals surface area contributed by atoms with Crippen molar-refractivity contribution in [3.05, 3.63) is 16.1 Å². The summed E-state index contributed by atoms with van der Waals surface area (Å²) in [5.74, 6) is 0.324. The normalized spacial score (nSPS) is 24.2. The van der Waals surface area contributed by atoms with Gasteiger partial charge in [-0.1, -0.05) is 0 Å². The van der Waals surface area contributed by atoms with E-state index < -0.39 is 0 Å². The number of hydrogen-bond acceptors (Lipinski definition) is 5. The number of carbonyl (C=O) groups is 1. The molecule has 1 aromatic rings. The summed E-state index contributed by atoms with van der Waals surface area (Å²) < 4.78 is 0. The third-order valence-corrected chi connectivity index (χ3v) is 5.00. The van der Waals surface area contributed by atoms with Gasteiger partial charge in [-0.2, -0.15) is 0 Å². The number of hydrogen-bond donors (Lipinski definition) is 1. The Morgan fingerprint density at radius 2 is 2.25 bits per heavy atom. The van der Waals surface area contributed by atoms with E-state index in [1.807, 2.05) is 18.0 Å². The van der Waals surface area contributed by atoms with Gasteiger partial charge in [0.05, 0.1) is 11.0 Å². The molecule has 0 aromatic carbocycles. The molecular formula is C14H22N4OS. The molecule has 110 valence electrons. The van der Waals surface area contributed by atoms with Gasteiger partial charge in [0.2, 0.25) is 5.91 Å². The highest BCUT2D eigenvalue weighted by molar-refractivity contribution is 7.11. The first kappa shape index (κ1) is 14.0. The van der Waals surface area contributed by atoms with Crippen molar-refractivity contribution >= 4 is 17.2 Å². The maximum Gasteiger partial charge on any atom is 0.240 e. The number of thiazole rings is 1. The maximum absolute atomic E-state index is 12.7. The van der Waals surface area contributed by atoms with Crippen LogP contribution in [0.1, 0.15) is 22.7 Å². The van der Waals surface area contributed by atoms with Gasteiger partial charge in [0.25, 0.3) is 0 Å². The molecule has 2 aliphatic rings. The van der Waals surface area contributed by atoms with Crippen LogP contribution in [0.2, 0.25) is 0 Å². The Morgan fingerprint density at radius 1 is 1.45 bits per heavy atom. The average molecular weight is 294 g/mol. The molecule has 1 amide bonds. The molecule has 0 aliphatic carbocycles. The molecule has 6 heteroatoms. The van der Waals surface area contributed by atoms with Crippen LogP contribution in [0.15, 0.2) is 6.20 Å². The molecule has 0 radical (unpaired) electrons. The summed E-state index contributed by atoms with van der Waals surface area (Å²) in [6, 6.07) is 0.0792. The van der Waals surface area contributed by atoms with Gasteiger partial charge in [-0.3, -0.25) is 9.69 Å². The van der Waals surface area contributed by atoms with E-state index in [0.717, 1.165) is 57.1 Å². The van der Waals surface area contributed by atoms with Gasteiger partial charge in [0.15, 0.2) is 0 Å². The molecule has 3 heterocycles. The van der Waals surface area contributed by atoms with Crippen LogP contribution in [0, 0.1) is 6.92 Å². The third kappa shape index (κ3) is 3.02. The van der Waals surface area contributed by atoms with Gasteiger partial charge >= 0.3 is 0 Å². The summed E-state index contributed by atoms with van der Waals surface area (Å²) in [5.41, 5.74) is 0. The van der Waals surface area contributed by atoms with Crippen molar-refractivity contribution in [2.45, 2.75) is 32.4 Å². The zero-order valence-electron chi connectivity index (χ0n) is 12.0. The third-order valence-electron chi connectivity index (χ3n) is 4.11. The molecule has 0 bridgehead atoms. The molecule has 0 saturated carbocycles. The zero-order chi connectivity index (χ0) is 13.9. The summed E-state index contributed by atoms with van der Waals surface area (Å²) >= 11 is 1.74. The fraction of sp³-hybridized carbons (Fsp3) is 0.714. The first-order valence-electron chi connectivity index (χ1n) is 7.39. The molecule has 2 saturated heterocycles.